The Morgan fingerprint density at radius 2 is 1.57 bits per heavy atom. The number of alkyl halides is 7. The SMILES string of the molecule is CC[C@H](NC(=O)[C@H](CS(=O)(=O)CC1CC1)NCC(F)(F)C(F)(F)C(F)(F)F)C(O)C(=O)NC1CC1. The second-order valence-electron chi connectivity index (χ2n) is 8.98. The van der Waals surface area contributed by atoms with Crippen LogP contribution in [-0.2, 0) is 19.4 Å². The van der Waals surface area contributed by atoms with Crippen molar-refractivity contribution in [2.45, 2.75) is 81.3 Å². The molecule has 204 valence electrons. The topological polar surface area (TPSA) is 125 Å². The van der Waals surface area contributed by atoms with Gasteiger partial charge in [0.05, 0.1) is 24.1 Å². The van der Waals surface area contributed by atoms with Crippen molar-refractivity contribution in [3.05, 3.63) is 0 Å². The molecule has 2 rings (SSSR count). The molecule has 2 aliphatic rings. The van der Waals surface area contributed by atoms with E-state index in [0.717, 1.165) is 0 Å². The summed E-state index contributed by atoms with van der Waals surface area (Å²) in [5.74, 6) is -16.2. The molecule has 3 atom stereocenters. The molecule has 2 aliphatic carbocycles. The van der Waals surface area contributed by atoms with E-state index in [4.69, 9.17) is 0 Å². The summed E-state index contributed by atoms with van der Waals surface area (Å²) in [6.07, 6.45) is -5.97. The number of aliphatic hydroxyl groups is 1. The van der Waals surface area contributed by atoms with Gasteiger partial charge in [0.25, 0.3) is 5.91 Å². The summed E-state index contributed by atoms with van der Waals surface area (Å²) < 4.78 is 116. The maximum Gasteiger partial charge on any atom is 0.459 e. The normalized spacial score (nSPS) is 20.1. The van der Waals surface area contributed by atoms with E-state index in [1.165, 1.54) is 12.2 Å². The predicted octanol–water partition coefficient (Wildman–Crippen LogP) is 1.14. The van der Waals surface area contributed by atoms with Gasteiger partial charge < -0.3 is 15.7 Å². The number of hydrogen-bond acceptors (Lipinski definition) is 6. The van der Waals surface area contributed by atoms with Crippen LogP contribution in [0.5, 0.6) is 0 Å². The minimum Gasteiger partial charge on any atom is -0.381 e. The van der Waals surface area contributed by atoms with Crippen LogP contribution in [0.15, 0.2) is 0 Å². The van der Waals surface area contributed by atoms with Crippen molar-refractivity contribution in [1.82, 2.24) is 16.0 Å². The van der Waals surface area contributed by atoms with Crippen LogP contribution in [-0.4, -0.2) is 85.6 Å². The van der Waals surface area contributed by atoms with Crippen LogP contribution in [0.25, 0.3) is 0 Å². The Balaban J connectivity index is 2.15. The summed E-state index contributed by atoms with van der Waals surface area (Å²) in [7, 11) is -4.10. The number of amides is 2. The van der Waals surface area contributed by atoms with Crippen molar-refractivity contribution in [2.75, 3.05) is 18.1 Å². The van der Waals surface area contributed by atoms with Crippen LogP contribution in [0.3, 0.4) is 0 Å². The number of carbonyl (C=O) groups is 2. The summed E-state index contributed by atoms with van der Waals surface area (Å²) in [5.41, 5.74) is 0. The highest BCUT2D eigenvalue weighted by Gasteiger charge is 2.72. The van der Waals surface area contributed by atoms with E-state index in [1.54, 1.807) is 0 Å². The number of nitrogens with one attached hydrogen (secondary N) is 3. The second kappa shape index (κ2) is 10.7. The zero-order valence-corrected chi connectivity index (χ0v) is 19.5. The summed E-state index contributed by atoms with van der Waals surface area (Å²) >= 11 is 0. The third-order valence-electron chi connectivity index (χ3n) is 5.65. The number of hydrogen-bond donors (Lipinski definition) is 4. The first kappa shape index (κ1) is 29.5. The fourth-order valence-corrected chi connectivity index (χ4v) is 5.11. The molecule has 0 aromatic carbocycles. The molecule has 0 radical (unpaired) electrons. The molecule has 0 heterocycles. The standard InChI is InChI=1S/C19H28F7N3O5S/c1-2-12(14(30)16(32)28-11-5-6-11)29-15(31)13(8-35(33,34)7-10-3-4-10)27-9-17(20,21)18(22,23)19(24,25)26/h10-14,27,30H,2-9H2,1H3,(H,28,32)(H,29,31)/t12-,13-,14?/m0/s1. The number of halogens is 7. The van der Waals surface area contributed by atoms with Gasteiger partial charge in [-0.05, 0) is 38.0 Å². The van der Waals surface area contributed by atoms with Crippen molar-refractivity contribution < 1.29 is 53.8 Å². The zero-order valence-electron chi connectivity index (χ0n) is 18.7. The highest BCUT2D eigenvalue weighted by molar-refractivity contribution is 7.91. The van der Waals surface area contributed by atoms with Crippen molar-refractivity contribution in [2.24, 2.45) is 5.92 Å². The number of aliphatic hydroxyl groups excluding tert-OH is 1. The monoisotopic (exact) mass is 543 g/mol. The zero-order chi connectivity index (χ0) is 26.8. The minimum absolute atomic E-state index is 0.0746. The van der Waals surface area contributed by atoms with E-state index in [0.29, 0.717) is 25.7 Å². The smallest absolute Gasteiger partial charge is 0.381 e. The van der Waals surface area contributed by atoms with Crippen molar-refractivity contribution in [3.8, 4) is 0 Å². The molecule has 0 aliphatic heterocycles. The maximum absolute atomic E-state index is 13.8. The molecule has 8 nitrogen and oxygen atoms in total. The van der Waals surface area contributed by atoms with Gasteiger partial charge in [-0.25, -0.2) is 8.42 Å². The molecule has 0 spiro atoms. The van der Waals surface area contributed by atoms with Gasteiger partial charge >= 0.3 is 18.0 Å². The molecule has 0 saturated heterocycles. The third-order valence-corrected chi connectivity index (χ3v) is 7.47. The molecule has 0 aromatic heterocycles. The fraction of sp³-hybridized carbons (Fsp3) is 0.895. The molecule has 0 bridgehead atoms. The summed E-state index contributed by atoms with van der Waals surface area (Å²) in [5, 5.41) is 16.3. The average molecular weight is 544 g/mol. The first-order valence-corrected chi connectivity index (χ1v) is 12.8. The van der Waals surface area contributed by atoms with Gasteiger partial charge in [0, 0.05) is 6.04 Å². The lowest BCUT2D eigenvalue weighted by molar-refractivity contribution is -0.352. The Morgan fingerprint density at radius 1 is 1.00 bits per heavy atom. The Morgan fingerprint density at radius 3 is 2.03 bits per heavy atom. The molecule has 2 saturated carbocycles. The van der Waals surface area contributed by atoms with Gasteiger partial charge in [0.2, 0.25) is 5.91 Å². The lowest BCUT2D eigenvalue weighted by atomic mass is 10.1. The maximum atomic E-state index is 13.8. The summed E-state index contributed by atoms with van der Waals surface area (Å²) in [6.45, 7) is -0.930. The van der Waals surface area contributed by atoms with Gasteiger partial charge in [-0.3, -0.25) is 14.9 Å². The van der Waals surface area contributed by atoms with Crippen molar-refractivity contribution >= 4 is 21.7 Å². The molecule has 4 N–H and O–H groups in total. The van der Waals surface area contributed by atoms with Gasteiger partial charge in [-0.2, -0.15) is 30.7 Å². The van der Waals surface area contributed by atoms with E-state index in [2.05, 4.69) is 10.6 Å². The van der Waals surface area contributed by atoms with E-state index < -0.39 is 75.9 Å². The van der Waals surface area contributed by atoms with Gasteiger partial charge in [-0.1, -0.05) is 6.92 Å². The molecule has 0 aromatic rings. The Labute approximate surface area is 197 Å². The number of sulfone groups is 1. The third kappa shape index (κ3) is 8.17. The van der Waals surface area contributed by atoms with Gasteiger partial charge in [0.15, 0.2) is 15.9 Å². The van der Waals surface area contributed by atoms with E-state index in [1.807, 2.05) is 0 Å². The Bertz CT molecular complexity index is 877. The molecular weight excluding hydrogens is 515 g/mol. The van der Waals surface area contributed by atoms with Crippen LogP contribution < -0.4 is 16.0 Å². The van der Waals surface area contributed by atoms with Crippen LogP contribution >= 0.6 is 0 Å². The van der Waals surface area contributed by atoms with E-state index >= 15 is 0 Å². The lowest BCUT2D eigenvalue weighted by Gasteiger charge is -2.30. The predicted molar refractivity (Wildman–Crippen MR) is 109 cm³/mol. The summed E-state index contributed by atoms with van der Waals surface area (Å²) in [4.78, 5) is 24.7. The number of rotatable bonds is 14. The highest BCUT2D eigenvalue weighted by atomic mass is 32.2. The van der Waals surface area contributed by atoms with Gasteiger partial charge in [-0.15, -0.1) is 0 Å². The largest absolute Gasteiger partial charge is 0.459 e. The Kier molecular flexibility index (Phi) is 9.07. The Hall–Kier alpha value is -1.68. The average Bonchev–Trinajstić information content (AvgIpc) is 3.65. The molecule has 16 heteroatoms. The van der Waals surface area contributed by atoms with Crippen LogP contribution in [0, 0.1) is 5.92 Å². The van der Waals surface area contributed by atoms with Crippen LogP contribution in [0.4, 0.5) is 30.7 Å². The summed E-state index contributed by atoms with van der Waals surface area (Å²) in [6, 6.07) is -3.61. The first-order chi connectivity index (χ1) is 15.9. The minimum atomic E-state index is -6.60. The highest BCUT2D eigenvalue weighted by Crippen LogP contribution is 2.46. The molecule has 2 amide bonds. The fourth-order valence-electron chi connectivity index (χ4n) is 3.15. The molecule has 35 heavy (non-hydrogen) atoms. The van der Waals surface area contributed by atoms with Crippen molar-refractivity contribution in [3.63, 3.8) is 0 Å². The molecule has 1 unspecified atom stereocenters. The lowest BCUT2D eigenvalue weighted by Crippen LogP contribution is -2.61. The number of carbonyl (C=O) groups excluding carboxylic acids is 2. The van der Waals surface area contributed by atoms with Crippen LogP contribution in [0.1, 0.15) is 39.0 Å². The van der Waals surface area contributed by atoms with E-state index in [-0.39, 0.29) is 18.4 Å². The van der Waals surface area contributed by atoms with Crippen molar-refractivity contribution in [1.29, 1.82) is 0 Å². The second-order valence-corrected chi connectivity index (χ2v) is 11.1. The quantitative estimate of drug-likeness (QED) is 0.244. The molecular formula is C19H28F7N3O5S. The van der Waals surface area contributed by atoms with E-state index in [9.17, 15) is 53.8 Å². The van der Waals surface area contributed by atoms with Crippen LogP contribution in [0.2, 0.25) is 0 Å². The molecule has 2 fully saturated rings. The first-order valence-electron chi connectivity index (χ1n) is 10.9. The van der Waals surface area contributed by atoms with Gasteiger partial charge in [0.1, 0.15) is 6.04 Å².